The van der Waals surface area contributed by atoms with Gasteiger partial charge in [0.25, 0.3) is 0 Å². The molecule has 0 aromatic heterocycles. The Labute approximate surface area is 191 Å². The van der Waals surface area contributed by atoms with Gasteiger partial charge in [0.2, 0.25) is 0 Å². The Bertz CT molecular complexity index is 686. The van der Waals surface area contributed by atoms with Gasteiger partial charge in [-0.3, -0.25) is 0 Å². The molecule has 0 aliphatic heterocycles. The summed E-state index contributed by atoms with van der Waals surface area (Å²) in [6.07, 6.45) is 13.6. The van der Waals surface area contributed by atoms with E-state index in [2.05, 4.69) is 47.7 Å². The first-order valence-corrected chi connectivity index (χ1v) is 12.4. The van der Waals surface area contributed by atoms with E-state index >= 15 is 0 Å². The lowest BCUT2D eigenvalue weighted by Crippen LogP contribution is -2.17. The molecular weight excluding hydrogens is 471 g/mol. The molecule has 0 aliphatic rings. The van der Waals surface area contributed by atoms with E-state index < -0.39 is 6.10 Å². The number of ether oxygens (including phenoxy) is 1. The zero-order valence-corrected chi connectivity index (χ0v) is 20.1. The number of para-hydroxylation sites is 1. The van der Waals surface area contributed by atoms with E-state index in [9.17, 15) is 5.11 Å². The van der Waals surface area contributed by atoms with Crippen LogP contribution in [-0.2, 0) is 0 Å². The zero-order valence-electron chi connectivity index (χ0n) is 17.9. The van der Waals surface area contributed by atoms with Crippen molar-refractivity contribution in [3.8, 4) is 16.9 Å². The second-order valence-electron chi connectivity index (χ2n) is 7.91. The highest BCUT2D eigenvalue weighted by Crippen LogP contribution is 2.33. The first-order chi connectivity index (χ1) is 14.2. The molecule has 29 heavy (non-hydrogen) atoms. The molecule has 3 heteroatoms. The third-order valence-electron chi connectivity index (χ3n) is 5.37. The van der Waals surface area contributed by atoms with Gasteiger partial charge >= 0.3 is 0 Å². The molecule has 2 aromatic carbocycles. The lowest BCUT2D eigenvalue weighted by atomic mass is 10.0. The van der Waals surface area contributed by atoms with E-state index in [-0.39, 0.29) is 0 Å². The second kappa shape index (κ2) is 14.8. The van der Waals surface area contributed by atoms with Crippen molar-refractivity contribution in [3.63, 3.8) is 0 Å². The summed E-state index contributed by atoms with van der Waals surface area (Å²) in [5.74, 6) is 0.846. The van der Waals surface area contributed by atoms with Crippen LogP contribution in [0.4, 0.5) is 0 Å². The van der Waals surface area contributed by atoms with E-state index in [4.69, 9.17) is 4.74 Å². The largest absolute Gasteiger partial charge is 0.490 e. The van der Waals surface area contributed by atoms with Crippen molar-refractivity contribution in [1.82, 2.24) is 0 Å². The van der Waals surface area contributed by atoms with Crippen LogP contribution in [0.15, 0.2) is 48.5 Å². The first-order valence-electron chi connectivity index (χ1n) is 11.4. The third-order valence-corrected chi connectivity index (χ3v) is 6.31. The average Bonchev–Trinajstić information content (AvgIpc) is 2.74. The SMILES string of the molecule is CCCCCCCCCCCCC(O)COc1ccccc1-c1ccccc1I. The Kier molecular flexibility index (Phi) is 12.4. The molecule has 0 aliphatic carbocycles. The first kappa shape index (κ1) is 24.2. The molecular formula is C26H37IO2. The third kappa shape index (κ3) is 9.52. The van der Waals surface area contributed by atoms with Crippen molar-refractivity contribution < 1.29 is 9.84 Å². The molecule has 0 amide bonds. The molecule has 0 radical (unpaired) electrons. The molecule has 1 N–H and O–H groups in total. The Morgan fingerprint density at radius 3 is 1.97 bits per heavy atom. The van der Waals surface area contributed by atoms with Crippen molar-refractivity contribution in [1.29, 1.82) is 0 Å². The maximum Gasteiger partial charge on any atom is 0.127 e. The lowest BCUT2D eigenvalue weighted by Gasteiger charge is -2.16. The molecule has 0 bridgehead atoms. The average molecular weight is 508 g/mol. The van der Waals surface area contributed by atoms with Crippen LogP contribution >= 0.6 is 22.6 Å². The van der Waals surface area contributed by atoms with Crippen molar-refractivity contribution in [2.45, 2.75) is 83.7 Å². The molecule has 2 nitrogen and oxygen atoms in total. The standard InChI is InChI=1S/C26H37IO2/c1-2-3-4-5-6-7-8-9-10-11-16-22(28)21-29-26-20-15-13-18-24(26)23-17-12-14-19-25(23)27/h12-15,17-20,22,28H,2-11,16,21H2,1H3. The fraction of sp³-hybridized carbons (Fsp3) is 0.538. The number of rotatable bonds is 15. The van der Waals surface area contributed by atoms with Gasteiger partial charge in [-0.05, 0) is 46.7 Å². The predicted octanol–water partition coefficient (Wildman–Crippen LogP) is 8.01. The molecule has 0 saturated heterocycles. The molecule has 0 fully saturated rings. The highest BCUT2D eigenvalue weighted by Gasteiger charge is 2.11. The van der Waals surface area contributed by atoms with Crippen LogP contribution in [0.25, 0.3) is 11.1 Å². The Morgan fingerprint density at radius 1 is 0.759 bits per heavy atom. The van der Waals surface area contributed by atoms with Gasteiger partial charge in [-0.15, -0.1) is 0 Å². The van der Waals surface area contributed by atoms with Crippen LogP contribution in [-0.4, -0.2) is 17.8 Å². The molecule has 2 rings (SSSR count). The van der Waals surface area contributed by atoms with Crippen LogP contribution in [0.1, 0.15) is 77.6 Å². The van der Waals surface area contributed by atoms with Crippen molar-refractivity contribution >= 4 is 22.6 Å². The smallest absolute Gasteiger partial charge is 0.127 e. The topological polar surface area (TPSA) is 29.5 Å². The normalized spacial score (nSPS) is 12.1. The maximum absolute atomic E-state index is 10.3. The Balaban J connectivity index is 1.64. The van der Waals surface area contributed by atoms with Crippen molar-refractivity contribution in [2.75, 3.05) is 6.61 Å². The quantitative estimate of drug-likeness (QED) is 0.195. The number of aliphatic hydroxyl groups is 1. The van der Waals surface area contributed by atoms with E-state index in [1.807, 2.05) is 30.3 Å². The van der Waals surface area contributed by atoms with Gasteiger partial charge in [0.1, 0.15) is 12.4 Å². The number of hydrogen-bond donors (Lipinski definition) is 1. The lowest BCUT2D eigenvalue weighted by molar-refractivity contribution is 0.0977. The Morgan fingerprint density at radius 2 is 1.31 bits per heavy atom. The molecule has 0 spiro atoms. The van der Waals surface area contributed by atoms with Crippen molar-refractivity contribution in [3.05, 3.63) is 52.1 Å². The van der Waals surface area contributed by atoms with Gasteiger partial charge in [-0.2, -0.15) is 0 Å². The predicted molar refractivity (Wildman–Crippen MR) is 133 cm³/mol. The van der Waals surface area contributed by atoms with E-state index in [1.54, 1.807) is 0 Å². The minimum absolute atomic E-state index is 0.359. The molecule has 2 aromatic rings. The van der Waals surface area contributed by atoms with Gasteiger partial charge in [-0.25, -0.2) is 0 Å². The highest BCUT2D eigenvalue weighted by molar-refractivity contribution is 14.1. The highest BCUT2D eigenvalue weighted by atomic mass is 127. The summed E-state index contributed by atoms with van der Waals surface area (Å²) in [5, 5.41) is 10.3. The van der Waals surface area contributed by atoms with E-state index in [1.165, 1.54) is 66.9 Å². The minimum Gasteiger partial charge on any atom is -0.490 e. The van der Waals surface area contributed by atoms with Gasteiger partial charge in [-0.1, -0.05) is 108 Å². The fourth-order valence-electron chi connectivity index (χ4n) is 3.63. The summed E-state index contributed by atoms with van der Waals surface area (Å²) in [4.78, 5) is 0. The number of aliphatic hydroxyl groups excluding tert-OH is 1. The summed E-state index contributed by atoms with van der Waals surface area (Å²) in [5.41, 5.74) is 2.26. The van der Waals surface area contributed by atoms with Crippen LogP contribution in [0.2, 0.25) is 0 Å². The van der Waals surface area contributed by atoms with E-state index in [0.717, 1.165) is 24.2 Å². The van der Waals surface area contributed by atoms with Gasteiger partial charge < -0.3 is 9.84 Å². The molecule has 1 unspecified atom stereocenters. The molecule has 1 atom stereocenters. The zero-order chi connectivity index (χ0) is 20.7. The van der Waals surface area contributed by atoms with E-state index in [0.29, 0.717) is 6.61 Å². The number of unbranched alkanes of at least 4 members (excludes halogenated alkanes) is 9. The summed E-state index contributed by atoms with van der Waals surface area (Å²) in [6, 6.07) is 16.4. The van der Waals surface area contributed by atoms with Crippen LogP contribution in [0.3, 0.4) is 0 Å². The van der Waals surface area contributed by atoms with Crippen LogP contribution in [0, 0.1) is 3.57 Å². The summed E-state index contributed by atoms with van der Waals surface area (Å²) in [6.45, 7) is 2.62. The fourth-order valence-corrected chi connectivity index (χ4v) is 4.31. The summed E-state index contributed by atoms with van der Waals surface area (Å²) < 4.78 is 7.20. The number of halogens is 1. The monoisotopic (exact) mass is 508 g/mol. The van der Waals surface area contributed by atoms with Crippen molar-refractivity contribution in [2.24, 2.45) is 0 Å². The number of benzene rings is 2. The summed E-state index contributed by atoms with van der Waals surface area (Å²) >= 11 is 2.36. The molecule has 0 heterocycles. The summed E-state index contributed by atoms with van der Waals surface area (Å²) in [7, 11) is 0. The van der Waals surface area contributed by atoms with Gasteiger partial charge in [0, 0.05) is 9.13 Å². The van der Waals surface area contributed by atoms with Crippen LogP contribution in [0.5, 0.6) is 5.75 Å². The van der Waals surface area contributed by atoms with Gasteiger partial charge in [0.15, 0.2) is 0 Å². The van der Waals surface area contributed by atoms with Crippen LogP contribution < -0.4 is 4.74 Å². The Hall–Kier alpha value is -1.07. The maximum atomic E-state index is 10.3. The minimum atomic E-state index is -0.396. The van der Waals surface area contributed by atoms with Gasteiger partial charge in [0.05, 0.1) is 6.10 Å². The molecule has 0 saturated carbocycles. The second-order valence-corrected chi connectivity index (χ2v) is 9.07. The molecule has 160 valence electrons. The number of hydrogen-bond acceptors (Lipinski definition) is 2.